The minimum Gasteiger partial charge on any atom is -0.350 e. The lowest BCUT2D eigenvalue weighted by molar-refractivity contribution is -0.0562. The maximum Gasteiger partial charge on any atom is 0.158 e. The summed E-state index contributed by atoms with van der Waals surface area (Å²) in [6.07, 6.45) is 6.13. The molecule has 1 rings (SSSR count). The van der Waals surface area contributed by atoms with Crippen molar-refractivity contribution in [2.75, 3.05) is 19.8 Å². The molecule has 0 aromatic rings. The van der Waals surface area contributed by atoms with Gasteiger partial charge < -0.3 is 9.47 Å². The average Bonchev–Trinajstić information content (AvgIpc) is 2.76. The lowest BCUT2D eigenvalue weighted by Gasteiger charge is -2.15. The molecule has 1 aliphatic heterocycles. The minimum absolute atomic E-state index is 0.0599. The highest BCUT2D eigenvalue weighted by molar-refractivity contribution is 14.1. The van der Waals surface area contributed by atoms with Gasteiger partial charge in [0.05, 0.1) is 34.5 Å². The molecule has 1 atom stereocenters. The van der Waals surface area contributed by atoms with Crippen molar-refractivity contribution in [3.8, 4) is 0 Å². The van der Waals surface area contributed by atoms with Gasteiger partial charge in [0, 0.05) is 13.0 Å². The van der Waals surface area contributed by atoms with Crippen LogP contribution in [-0.4, -0.2) is 26.0 Å². The monoisotopic (exact) mass is 342 g/mol. The van der Waals surface area contributed by atoms with E-state index in [1.807, 2.05) is 0 Å². The fourth-order valence-corrected chi connectivity index (χ4v) is 2.55. The van der Waals surface area contributed by atoms with Gasteiger partial charge in [-0.2, -0.15) is 0 Å². The summed E-state index contributed by atoms with van der Waals surface area (Å²) < 4.78 is 21.0. The molecule has 0 aromatic heterocycles. The van der Waals surface area contributed by atoms with E-state index in [0.29, 0.717) is 5.92 Å². The standard InChI is InChI=1S/C11H23IN2O2/c1-10(9-11-15-7-8-16-11)5-3-2-4-6-14-12-13/h10-11H,2-9H2,1H3,(H2,13,14). The van der Waals surface area contributed by atoms with Crippen LogP contribution in [0.25, 0.3) is 0 Å². The number of ether oxygens (including phenoxy) is 2. The van der Waals surface area contributed by atoms with E-state index in [0.717, 1.165) is 26.2 Å². The number of hydrogen-bond acceptors (Lipinski definition) is 3. The summed E-state index contributed by atoms with van der Waals surface area (Å²) in [6.45, 7) is 4.83. The molecule has 1 fully saturated rings. The summed E-state index contributed by atoms with van der Waals surface area (Å²) in [7, 11) is 0. The molecule has 0 aliphatic carbocycles. The normalized spacial score (nSPS) is 19.1. The second-order valence-corrected chi connectivity index (χ2v) is 5.64. The summed E-state index contributed by atoms with van der Waals surface area (Å²) in [6, 6.07) is 0. The van der Waals surface area contributed by atoms with Crippen LogP contribution in [0.1, 0.15) is 39.0 Å². The lowest BCUT2D eigenvalue weighted by Crippen LogP contribution is -2.12. The minimum atomic E-state index is -0.471. The third-order valence-corrected chi connectivity index (χ3v) is 3.74. The number of unbranched alkanes of at least 4 members (excludes halogenated alkanes) is 2. The van der Waals surface area contributed by atoms with Gasteiger partial charge in [-0.15, -0.1) is 0 Å². The molecule has 0 bridgehead atoms. The average molecular weight is 342 g/mol. The summed E-state index contributed by atoms with van der Waals surface area (Å²) in [5, 5.41) is 0. The van der Waals surface area contributed by atoms with Gasteiger partial charge in [0.15, 0.2) is 6.29 Å². The molecule has 0 spiro atoms. The van der Waals surface area contributed by atoms with Crippen molar-refractivity contribution in [3.05, 3.63) is 0 Å². The highest BCUT2D eigenvalue weighted by Crippen LogP contribution is 2.19. The number of hydrogen-bond donors (Lipinski definition) is 2. The van der Waals surface area contributed by atoms with Crippen LogP contribution in [0.2, 0.25) is 0 Å². The Bertz CT molecular complexity index is 187. The zero-order chi connectivity index (χ0) is 11.6. The molecule has 2 N–H and O–H groups in total. The summed E-state index contributed by atoms with van der Waals surface area (Å²) in [4.78, 5) is 0. The fraction of sp³-hybridized carbons (Fsp3) is 1.00. The predicted molar refractivity (Wildman–Crippen MR) is 72.7 cm³/mol. The third-order valence-electron chi connectivity index (χ3n) is 2.82. The first-order valence-corrected chi connectivity index (χ1v) is 8.24. The van der Waals surface area contributed by atoms with Crippen LogP contribution in [-0.2, 0) is 9.47 Å². The van der Waals surface area contributed by atoms with Crippen molar-refractivity contribution in [1.29, 1.82) is 3.56 Å². The van der Waals surface area contributed by atoms with Crippen molar-refractivity contribution < 1.29 is 9.47 Å². The summed E-state index contributed by atoms with van der Waals surface area (Å²) in [5.74, 6) is 0.694. The van der Waals surface area contributed by atoms with Gasteiger partial charge >= 0.3 is 0 Å². The molecule has 4 nitrogen and oxygen atoms in total. The fourth-order valence-electron chi connectivity index (χ4n) is 1.90. The predicted octanol–water partition coefficient (Wildman–Crippen LogP) is 3.18. The quantitative estimate of drug-likeness (QED) is 0.384. The van der Waals surface area contributed by atoms with Crippen LogP contribution in [0, 0.1) is 9.48 Å². The Morgan fingerprint density at radius 3 is 2.75 bits per heavy atom. The van der Waals surface area contributed by atoms with E-state index in [9.17, 15) is 0 Å². The molecule has 0 aromatic carbocycles. The molecular weight excluding hydrogens is 319 g/mol. The largest absolute Gasteiger partial charge is 0.350 e. The Morgan fingerprint density at radius 1 is 1.31 bits per heavy atom. The maximum absolute atomic E-state index is 7.05. The van der Waals surface area contributed by atoms with Crippen molar-refractivity contribution in [2.24, 2.45) is 5.92 Å². The third kappa shape index (κ3) is 6.88. The molecule has 1 heterocycles. The van der Waals surface area contributed by atoms with Crippen molar-refractivity contribution in [2.45, 2.75) is 45.3 Å². The first-order chi connectivity index (χ1) is 7.83. The Hall–Kier alpha value is 0.410. The van der Waals surface area contributed by atoms with E-state index in [4.69, 9.17) is 13.0 Å². The first kappa shape index (κ1) is 14.5. The molecule has 16 heavy (non-hydrogen) atoms. The van der Waals surface area contributed by atoms with E-state index < -0.39 is 21.3 Å². The van der Waals surface area contributed by atoms with Crippen LogP contribution in [0.3, 0.4) is 0 Å². The van der Waals surface area contributed by atoms with E-state index in [2.05, 4.69) is 10.5 Å². The number of nitrogens with one attached hydrogen (secondary N) is 2. The second kappa shape index (κ2) is 9.44. The van der Waals surface area contributed by atoms with Crippen LogP contribution in [0.5, 0.6) is 0 Å². The topological polar surface area (TPSA) is 54.3 Å². The molecule has 96 valence electrons. The van der Waals surface area contributed by atoms with E-state index in [-0.39, 0.29) is 6.29 Å². The molecule has 5 heteroatoms. The Balaban J connectivity index is 1.89. The van der Waals surface area contributed by atoms with Crippen LogP contribution < -0.4 is 3.53 Å². The first-order valence-electron chi connectivity index (χ1n) is 6.08. The zero-order valence-electron chi connectivity index (χ0n) is 10.0. The van der Waals surface area contributed by atoms with Crippen molar-refractivity contribution >= 4 is 21.3 Å². The molecule has 0 amide bonds. The molecule has 1 saturated heterocycles. The lowest BCUT2D eigenvalue weighted by atomic mass is 9.99. The van der Waals surface area contributed by atoms with Gasteiger partial charge in [-0.25, -0.2) is 0 Å². The molecule has 1 aliphatic rings. The van der Waals surface area contributed by atoms with Crippen LogP contribution in [0.4, 0.5) is 0 Å². The summed E-state index contributed by atoms with van der Waals surface area (Å²) >= 11 is -0.471. The summed E-state index contributed by atoms with van der Waals surface area (Å²) in [5.41, 5.74) is 0. The van der Waals surface area contributed by atoms with Crippen molar-refractivity contribution in [1.82, 2.24) is 3.53 Å². The highest BCUT2D eigenvalue weighted by Gasteiger charge is 2.18. The van der Waals surface area contributed by atoms with Gasteiger partial charge in [0.2, 0.25) is 0 Å². The van der Waals surface area contributed by atoms with Crippen LogP contribution >= 0.6 is 21.3 Å². The molecule has 0 saturated carbocycles. The SMILES string of the molecule is CC(CCCCCNI=N)CC1OCCO1. The van der Waals surface area contributed by atoms with Gasteiger partial charge in [-0.05, 0) is 12.3 Å². The van der Waals surface area contributed by atoms with Gasteiger partial charge in [0.25, 0.3) is 0 Å². The smallest absolute Gasteiger partial charge is 0.158 e. The van der Waals surface area contributed by atoms with E-state index in [1.54, 1.807) is 0 Å². The highest BCUT2D eigenvalue weighted by atomic mass is 127. The Labute approximate surface area is 109 Å². The molecule has 1 unspecified atom stereocenters. The number of rotatable bonds is 9. The zero-order valence-corrected chi connectivity index (χ0v) is 12.2. The second-order valence-electron chi connectivity index (χ2n) is 4.34. The molecular formula is C11H23IN2O2. The Morgan fingerprint density at radius 2 is 2.06 bits per heavy atom. The van der Waals surface area contributed by atoms with Crippen molar-refractivity contribution in [3.63, 3.8) is 0 Å². The van der Waals surface area contributed by atoms with E-state index in [1.165, 1.54) is 25.7 Å². The van der Waals surface area contributed by atoms with Gasteiger partial charge in [-0.3, -0.25) is 7.09 Å². The maximum atomic E-state index is 7.05. The van der Waals surface area contributed by atoms with Gasteiger partial charge in [-0.1, -0.05) is 26.2 Å². The van der Waals surface area contributed by atoms with Crippen LogP contribution in [0.15, 0.2) is 0 Å². The Kier molecular flexibility index (Phi) is 8.54. The van der Waals surface area contributed by atoms with E-state index >= 15 is 0 Å². The molecule has 0 radical (unpaired) electrons. The number of halogens is 1. The van der Waals surface area contributed by atoms with Gasteiger partial charge in [0.1, 0.15) is 0 Å².